The lowest BCUT2D eigenvalue weighted by Crippen LogP contribution is -2.46. The molecule has 1 fully saturated rings. The van der Waals surface area contributed by atoms with Crippen molar-refractivity contribution in [2.45, 2.75) is 38.5 Å². The molecule has 0 unspecified atom stereocenters. The summed E-state index contributed by atoms with van der Waals surface area (Å²) in [5.74, 6) is 0. The Morgan fingerprint density at radius 3 is 2.61 bits per heavy atom. The minimum absolute atomic E-state index is 0.646. The van der Waals surface area contributed by atoms with Crippen LogP contribution in [0.3, 0.4) is 0 Å². The number of nitrogens with zero attached hydrogens (tertiary/aromatic N) is 2. The van der Waals surface area contributed by atoms with Crippen LogP contribution in [0.2, 0.25) is 0 Å². The van der Waals surface area contributed by atoms with Gasteiger partial charge in [-0.15, -0.1) is 11.3 Å². The van der Waals surface area contributed by atoms with E-state index >= 15 is 0 Å². The SMILES string of the molecule is Cc1ncc(CN(Cc2ccccc2)CC2(O)CCOCC2)s1. The number of aryl methyl sites for hydroxylation is 1. The maximum atomic E-state index is 10.9. The largest absolute Gasteiger partial charge is 0.388 e. The second-order valence-electron chi connectivity index (χ2n) is 6.31. The minimum Gasteiger partial charge on any atom is -0.388 e. The molecule has 1 N–H and O–H groups in total. The number of rotatable bonds is 6. The highest BCUT2D eigenvalue weighted by Crippen LogP contribution is 2.24. The lowest BCUT2D eigenvalue weighted by atomic mass is 9.93. The highest BCUT2D eigenvalue weighted by molar-refractivity contribution is 7.11. The summed E-state index contributed by atoms with van der Waals surface area (Å²) in [6.45, 7) is 5.65. The summed E-state index contributed by atoms with van der Waals surface area (Å²) in [4.78, 5) is 7.92. The van der Waals surface area contributed by atoms with E-state index in [-0.39, 0.29) is 0 Å². The van der Waals surface area contributed by atoms with Gasteiger partial charge in [0.05, 0.1) is 10.6 Å². The summed E-state index contributed by atoms with van der Waals surface area (Å²) in [6, 6.07) is 10.4. The van der Waals surface area contributed by atoms with Crippen LogP contribution in [0.5, 0.6) is 0 Å². The number of aliphatic hydroxyl groups is 1. The molecule has 0 saturated carbocycles. The van der Waals surface area contributed by atoms with Crippen LogP contribution in [-0.2, 0) is 17.8 Å². The van der Waals surface area contributed by atoms with E-state index in [1.165, 1.54) is 10.4 Å². The van der Waals surface area contributed by atoms with Gasteiger partial charge in [-0.05, 0) is 12.5 Å². The summed E-state index contributed by atoms with van der Waals surface area (Å²) in [5, 5.41) is 12.0. The van der Waals surface area contributed by atoms with Crippen LogP contribution >= 0.6 is 11.3 Å². The van der Waals surface area contributed by atoms with E-state index < -0.39 is 5.60 Å². The van der Waals surface area contributed by atoms with E-state index in [2.05, 4.69) is 34.1 Å². The molecule has 5 heteroatoms. The Balaban J connectivity index is 1.72. The Bertz CT molecular complexity index is 608. The van der Waals surface area contributed by atoms with Crippen LogP contribution in [0.4, 0.5) is 0 Å². The van der Waals surface area contributed by atoms with Crippen molar-refractivity contribution in [3.05, 3.63) is 52.0 Å². The maximum Gasteiger partial charge on any atom is 0.0897 e. The second-order valence-corrected chi connectivity index (χ2v) is 7.63. The summed E-state index contributed by atoms with van der Waals surface area (Å²) in [6.07, 6.45) is 3.37. The van der Waals surface area contributed by atoms with Gasteiger partial charge in [-0.3, -0.25) is 4.90 Å². The average molecular weight is 332 g/mol. The van der Waals surface area contributed by atoms with Crippen LogP contribution in [0.1, 0.15) is 28.3 Å². The first-order valence-corrected chi connectivity index (χ1v) is 8.92. The molecule has 4 nitrogen and oxygen atoms in total. The van der Waals surface area contributed by atoms with Crippen molar-refractivity contribution < 1.29 is 9.84 Å². The topological polar surface area (TPSA) is 45.6 Å². The molecule has 0 bridgehead atoms. The number of hydrogen-bond donors (Lipinski definition) is 1. The van der Waals surface area contributed by atoms with Crippen molar-refractivity contribution in [1.29, 1.82) is 0 Å². The standard InChI is InChI=1S/C18H24N2O2S/c1-15-19-11-17(23-15)13-20(12-16-5-3-2-4-6-16)14-18(21)7-9-22-10-8-18/h2-6,11,21H,7-10,12-14H2,1H3. The predicted molar refractivity (Wildman–Crippen MR) is 92.4 cm³/mol. The number of ether oxygens (including phenoxy) is 1. The molecule has 1 aromatic heterocycles. The third-order valence-electron chi connectivity index (χ3n) is 4.24. The molecule has 2 aromatic rings. The van der Waals surface area contributed by atoms with Crippen LogP contribution < -0.4 is 0 Å². The number of benzene rings is 1. The van der Waals surface area contributed by atoms with Gasteiger partial charge in [-0.1, -0.05) is 30.3 Å². The van der Waals surface area contributed by atoms with Gasteiger partial charge in [0.2, 0.25) is 0 Å². The fraction of sp³-hybridized carbons (Fsp3) is 0.500. The summed E-state index contributed by atoms with van der Waals surface area (Å²) in [7, 11) is 0. The smallest absolute Gasteiger partial charge is 0.0897 e. The molecule has 2 heterocycles. The van der Waals surface area contributed by atoms with Crippen LogP contribution in [0, 0.1) is 6.92 Å². The van der Waals surface area contributed by atoms with Crippen molar-refractivity contribution >= 4 is 11.3 Å². The summed E-state index contributed by atoms with van der Waals surface area (Å²) in [5.41, 5.74) is 0.622. The van der Waals surface area contributed by atoms with E-state index in [0.717, 1.165) is 18.1 Å². The highest BCUT2D eigenvalue weighted by Gasteiger charge is 2.32. The van der Waals surface area contributed by atoms with Crippen LogP contribution in [-0.4, -0.2) is 40.3 Å². The molecule has 0 spiro atoms. The lowest BCUT2D eigenvalue weighted by molar-refractivity contribution is -0.0820. The van der Waals surface area contributed by atoms with Gasteiger partial charge >= 0.3 is 0 Å². The number of hydrogen-bond acceptors (Lipinski definition) is 5. The van der Waals surface area contributed by atoms with Gasteiger partial charge in [0, 0.05) is 56.8 Å². The van der Waals surface area contributed by atoms with Crippen LogP contribution in [0.25, 0.3) is 0 Å². The molecule has 0 atom stereocenters. The monoisotopic (exact) mass is 332 g/mol. The van der Waals surface area contributed by atoms with E-state index in [1.807, 2.05) is 19.2 Å². The molecule has 0 aliphatic carbocycles. The predicted octanol–water partition coefficient (Wildman–Crippen LogP) is 3.00. The van der Waals surface area contributed by atoms with Crippen molar-refractivity contribution in [3.63, 3.8) is 0 Å². The molecule has 0 radical (unpaired) electrons. The molecular formula is C18H24N2O2S. The normalized spacial score (nSPS) is 17.5. The zero-order valence-corrected chi connectivity index (χ0v) is 14.4. The fourth-order valence-electron chi connectivity index (χ4n) is 3.03. The fourth-order valence-corrected chi connectivity index (χ4v) is 3.87. The van der Waals surface area contributed by atoms with Gasteiger partial charge in [0.25, 0.3) is 0 Å². The Hall–Kier alpha value is -1.27. The molecule has 1 aliphatic heterocycles. The third-order valence-corrected chi connectivity index (χ3v) is 5.14. The zero-order chi connectivity index (χ0) is 16.1. The molecule has 1 saturated heterocycles. The Morgan fingerprint density at radius 2 is 1.96 bits per heavy atom. The first-order chi connectivity index (χ1) is 11.1. The van der Waals surface area contributed by atoms with Crippen molar-refractivity contribution in [1.82, 2.24) is 9.88 Å². The second kappa shape index (κ2) is 7.53. The molecule has 3 rings (SSSR count). The summed E-state index contributed by atoms with van der Waals surface area (Å²) >= 11 is 1.73. The van der Waals surface area contributed by atoms with Gasteiger partial charge < -0.3 is 9.84 Å². The van der Waals surface area contributed by atoms with E-state index in [9.17, 15) is 5.11 Å². The first kappa shape index (κ1) is 16.6. The Morgan fingerprint density at radius 1 is 1.22 bits per heavy atom. The average Bonchev–Trinajstić information content (AvgIpc) is 2.93. The maximum absolute atomic E-state index is 10.9. The Kier molecular flexibility index (Phi) is 5.43. The highest BCUT2D eigenvalue weighted by atomic mass is 32.1. The quantitative estimate of drug-likeness (QED) is 0.883. The van der Waals surface area contributed by atoms with Gasteiger partial charge in [-0.25, -0.2) is 4.98 Å². The van der Waals surface area contributed by atoms with E-state index in [0.29, 0.717) is 32.6 Å². The van der Waals surface area contributed by atoms with Gasteiger partial charge in [0.1, 0.15) is 0 Å². The number of aromatic nitrogens is 1. The zero-order valence-electron chi connectivity index (χ0n) is 13.6. The molecule has 23 heavy (non-hydrogen) atoms. The van der Waals surface area contributed by atoms with E-state index in [4.69, 9.17) is 4.74 Å². The van der Waals surface area contributed by atoms with Gasteiger partial charge in [-0.2, -0.15) is 0 Å². The Labute approximate surface area is 141 Å². The molecule has 124 valence electrons. The summed E-state index contributed by atoms with van der Waals surface area (Å²) < 4.78 is 5.40. The number of thiazole rings is 1. The lowest BCUT2D eigenvalue weighted by Gasteiger charge is -2.36. The third kappa shape index (κ3) is 4.85. The van der Waals surface area contributed by atoms with Crippen molar-refractivity contribution in [2.24, 2.45) is 0 Å². The molecule has 1 aromatic carbocycles. The molecular weight excluding hydrogens is 308 g/mol. The first-order valence-electron chi connectivity index (χ1n) is 8.11. The van der Waals surface area contributed by atoms with Gasteiger partial charge in [0.15, 0.2) is 0 Å². The van der Waals surface area contributed by atoms with Crippen LogP contribution in [0.15, 0.2) is 36.5 Å². The minimum atomic E-state index is -0.646. The van der Waals surface area contributed by atoms with Crippen molar-refractivity contribution in [3.8, 4) is 0 Å². The van der Waals surface area contributed by atoms with Crippen molar-refractivity contribution in [2.75, 3.05) is 19.8 Å². The van der Waals surface area contributed by atoms with E-state index in [1.54, 1.807) is 11.3 Å². The molecule has 0 amide bonds. The molecule has 1 aliphatic rings.